The largest absolute Gasteiger partial charge is 0.495 e. The van der Waals surface area contributed by atoms with E-state index < -0.39 is 29.3 Å². The minimum atomic E-state index is -4.77. The molecule has 2 aromatic rings. The number of benzene rings is 1. The van der Waals surface area contributed by atoms with Crippen LogP contribution in [0.2, 0.25) is 10.0 Å². The lowest BCUT2D eigenvalue weighted by molar-refractivity contribution is -0.142. The molecule has 1 amide bonds. The molecule has 0 atom stereocenters. The van der Waals surface area contributed by atoms with Gasteiger partial charge in [-0.05, 0) is 12.1 Å². The van der Waals surface area contributed by atoms with Gasteiger partial charge in [0.1, 0.15) is 18.8 Å². The minimum Gasteiger partial charge on any atom is -0.495 e. The highest BCUT2D eigenvalue weighted by atomic mass is 35.5. The van der Waals surface area contributed by atoms with Crippen LogP contribution in [0, 0.1) is 0 Å². The number of hydrogen-bond donors (Lipinski definition) is 1. The molecule has 0 saturated carbocycles. The van der Waals surface area contributed by atoms with Gasteiger partial charge < -0.3 is 20.4 Å². The van der Waals surface area contributed by atoms with Crippen molar-refractivity contribution >= 4 is 34.8 Å². The van der Waals surface area contributed by atoms with Crippen molar-refractivity contribution in [3.8, 4) is 5.75 Å². The quantitative estimate of drug-likeness (QED) is 0.377. The van der Waals surface area contributed by atoms with Crippen molar-refractivity contribution in [2.75, 3.05) is 38.2 Å². The van der Waals surface area contributed by atoms with Gasteiger partial charge in [0.25, 0.3) is 0 Å². The van der Waals surface area contributed by atoms with E-state index in [-0.39, 0.29) is 12.2 Å². The standard InChI is InChI=1S/C18H20Cl2F3N7O2/c1-32-14-8-11(2-3-12(14)19)28-4-6-29(7-5-28)15(31)10-30-13(9-25-27-24)16(20)17(26-30)18(21,22)23/h2-3,8H,4-7,9-10H2,1H3,(H2,24,25). The second-order valence-electron chi connectivity index (χ2n) is 6.87. The molecule has 1 aliphatic heterocycles. The SMILES string of the molecule is COc1cc(N2CCN(C(=O)Cn3nc(C(F)(F)F)c(Cl)c3CN=NN)CC2)ccc1Cl. The van der Waals surface area contributed by atoms with Crippen molar-refractivity contribution in [2.45, 2.75) is 19.3 Å². The van der Waals surface area contributed by atoms with Gasteiger partial charge in [-0.25, -0.2) is 0 Å². The molecule has 32 heavy (non-hydrogen) atoms. The van der Waals surface area contributed by atoms with Gasteiger partial charge in [-0.15, -0.1) is 0 Å². The highest BCUT2D eigenvalue weighted by molar-refractivity contribution is 6.32. The van der Waals surface area contributed by atoms with Gasteiger partial charge in [0.05, 0.1) is 22.8 Å². The monoisotopic (exact) mass is 493 g/mol. The number of carbonyl (C=O) groups is 1. The van der Waals surface area contributed by atoms with Crippen LogP contribution in [0.25, 0.3) is 0 Å². The molecule has 1 fully saturated rings. The van der Waals surface area contributed by atoms with Gasteiger partial charge in [-0.1, -0.05) is 28.4 Å². The molecule has 0 bridgehead atoms. The summed E-state index contributed by atoms with van der Waals surface area (Å²) in [6, 6.07) is 5.39. The Labute approximate surface area is 191 Å². The molecule has 1 aliphatic rings. The maximum Gasteiger partial charge on any atom is 0.436 e. The fourth-order valence-corrected chi connectivity index (χ4v) is 3.83. The average Bonchev–Trinajstić information content (AvgIpc) is 3.08. The highest BCUT2D eigenvalue weighted by Crippen LogP contribution is 2.36. The number of anilines is 1. The van der Waals surface area contributed by atoms with Crippen molar-refractivity contribution in [3.63, 3.8) is 0 Å². The van der Waals surface area contributed by atoms with Crippen LogP contribution in [0.4, 0.5) is 18.9 Å². The summed E-state index contributed by atoms with van der Waals surface area (Å²) >= 11 is 11.9. The molecule has 0 spiro atoms. The fourth-order valence-electron chi connectivity index (χ4n) is 3.33. The molecular weight excluding hydrogens is 474 g/mol. The second-order valence-corrected chi connectivity index (χ2v) is 7.65. The van der Waals surface area contributed by atoms with Crippen LogP contribution < -0.4 is 15.5 Å². The molecule has 2 N–H and O–H groups in total. The van der Waals surface area contributed by atoms with Crippen LogP contribution in [0.5, 0.6) is 5.75 Å². The van der Waals surface area contributed by atoms with E-state index in [1.807, 2.05) is 12.1 Å². The Kier molecular flexibility index (Phi) is 7.34. The van der Waals surface area contributed by atoms with Crippen molar-refractivity contribution in [1.29, 1.82) is 0 Å². The van der Waals surface area contributed by atoms with Gasteiger partial charge in [0.15, 0.2) is 5.69 Å². The number of nitrogens with two attached hydrogens (primary N) is 1. The Hall–Kier alpha value is -2.73. The molecule has 174 valence electrons. The highest BCUT2D eigenvalue weighted by Gasteiger charge is 2.39. The molecule has 2 heterocycles. The summed E-state index contributed by atoms with van der Waals surface area (Å²) in [5.74, 6) is 5.09. The zero-order chi connectivity index (χ0) is 23.5. The van der Waals surface area contributed by atoms with Crippen LogP contribution in [0.15, 0.2) is 28.5 Å². The lowest BCUT2D eigenvalue weighted by Gasteiger charge is -2.36. The Bertz CT molecular complexity index is 1010. The number of amides is 1. The zero-order valence-corrected chi connectivity index (χ0v) is 18.5. The van der Waals surface area contributed by atoms with Crippen LogP contribution in [0.3, 0.4) is 0 Å². The normalized spacial score (nSPS) is 14.9. The van der Waals surface area contributed by atoms with Crippen LogP contribution >= 0.6 is 23.2 Å². The van der Waals surface area contributed by atoms with Gasteiger partial charge in [-0.2, -0.15) is 23.4 Å². The molecule has 3 rings (SSSR count). The lowest BCUT2D eigenvalue weighted by Crippen LogP contribution is -2.49. The van der Waals surface area contributed by atoms with Crippen LogP contribution in [-0.4, -0.2) is 53.9 Å². The molecule has 1 aromatic carbocycles. The third kappa shape index (κ3) is 5.18. The molecule has 0 aliphatic carbocycles. The zero-order valence-electron chi connectivity index (χ0n) is 16.9. The van der Waals surface area contributed by atoms with Crippen molar-refractivity contribution in [1.82, 2.24) is 14.7 Å². The van der Waals surface area contributed by atoms with Crippen molar-refractivity contribution in [2.24, 2.45) is 16.2 Å². The summed E-state index contributed by atoms with van der Waals surface area (Å²) in [7, 11) is 1.52. The Morgan fingerprint density at radius 1 is 1.25 bits per heavy atom. The fraction of sp³-hybridized carbons (Fsp3) is 0.444. The first kappa shape index (κ1) is 23.9. The summed E-state index contributed by atoms with van der Waals surface area (Å²) in [6.07, 6.45) is -4.77. The molecule has 9 nitrogen and oxygen atoms in total. The first-order valence-electron chi connectivity index (χ1n) is 9.41. The first-order chi connectivity index (χ1) is 15.2. The third-order valence-corrected chi connectivity index (χ3v) is 5.69. The Morgan fingerprint density at radius 3 is 2.53 bits per heavy atom. The molecule has 1 saturated heterocycles. The maximum absolute atomic E-state index is 13.2. The van der Waals surface area contributed by atoms with E-state index in [1.54, 1.807) is 11.0 Å². The van der Waals surface area contributed by atoms with Crippen LogP contribution in [0.1, 0.15) is 11.4 Å². The summed E-state index contributed by atoms with van der Waals surface area (Å²) in [5.41, 5.74) is -0.481. The topological polar surface area (TPSA) is 101 Å². The first-order valence-corrected chi connectivity index (χ1v) is 10.2. The summed E-state index contributed by atoms with van der Waals surface area (Å²) in [6.45, 7) is 1.06. The van der Waals surface area contributed by atoms with E-state index in [9.17, 15) is 18.0 Å². The number of ether oxygens (including phenoxy) is 1. The number of piperazine rings is 1. The summed E-state index contributed by atoms with van der Waals surface area (Å²) < 4.78 is 45.7. The molecule has 0 unspecified atom stereocenters. The number of nitrogens with zero attached hydrogens (tertiary/aromatic N) is 6. The maximum atomic E-state index is 13.2. The number of rotatable bonds is 6. The number of carbonyl (C=O) groups excluding carboxylic acids is 1. The van der Waals surface area contributed by atoms with Gasteiger partial charge >= 0.3 is 6.18 Å². The molecule has 0 radical (unpaired) electrons. The van der Waals surface area contributed by atoms with Gasteiger partial charge in [-0.3, -0.25) is 9.48 Å². The minimum absolute atomic E-state index is 0.0894. The second kappa shape index (κ2) is 9.82. The Morgan fingerprint density at radius 2 is 1.94 bits per heavy atom. The van der Waals surface area contributed by atoms with Gasteiger partial charge in [0.2, 0.25) is 5.91 Å². The number of halogens is 5. The third-order valence-electron chi connectivity index (χ3n) is 4.98. The average molecular weight is 494 g/mol. The van der Waals surface area contributed by atoms with E-state index >= 15 is 0 Å². The van der Waals surface area contributed by atoms with E-state index in [2.05, 4.69) is 20.3 Å². The lowest BCUT2D eigenvalue weighted by atomic mass is 10.2. The summed E-state index contributed by atoms with van der Waals surface area (Å²) in [5, 5.41) is 9.87. The number of aromatic nitrogens is 2. The number of hydrogen-bond acceptors (Lipinski definition) is 6. The molecule has 1 aromatic heterocycles. The number of alkyl halides is 3. The van der Waals surface area contributed by atoms with E-state index in [4.69, 9.17) is 33.8 Å². The van der Waals surface area contributed by atoms with Crippen molar-refractivity contribution < 1.29 is 22.7 Å². The van der Waals surface area contributed by atoms with Crippen molar-refractivity contribution in [3.05, 3.63) is 39.6 Å². The van der Waals surface area contributed by atoms with E-state index in [0.717, 1.165) is 10.4 Å². The predicted molar refractivity (Wildman–Crippen MR) is 112 cm³/mol. The van der Waals surface area contributed by atoms with E-state index in [0.29, 0.717) is 37.0 Å². The smallest absolute Gasteiger partial charge is 0.436 e. The molecule has 14 heteroatoms. The van der Waals surface area contributed by atoms with Gasteiger partial charge in [0, 0.05) is 37.9 Å². The van der Waals surface area contributed by atoms with Crippen LogP contribution in [-0.2, 0) is 24.1 Å². The summed E-state index contributed by atoms with van der Waals surface area (Å²) in [4.78, 5) is 16.4. The molecular formula is C18H20Cl2F3N7O2. The Balaban J connectivity index is 1.70. The number of methoxy groups -OCH3 is 1. The predicted octanol–water partition coefficient (Wildman–Crippen LogP) is 3.39. The van der Waals surface area contributed by atoms with E-state index in [1.165, 1.54) is 7.11 Å².